The van der Waals surface area contributed by atoms with Crippen LogP contribution in [0.3, 0.4) is 0 Å². The van der Waals surface area contributed by atoms with Crippen molar-refractivity contribution in [2.45, 2.75) is 44.7 Å². The minimum Gasteiger partial charge on any atom is -0.497 e. The van der Waals surface area contributed by atoms with Crippen molar-refractivity contribution >= 4 is 39.1 Å². The molecular formula is C36H36BrN5O7. The minimum atomic E-state index is -1.59. The molecule has 3 aromatic heterocycles. The van der Waals surface area contributed by atoms with Crippen LogP contribution in [0.15, 0.2) is 65.4 Å². The summed E-state index contributed by atoms with van der Waals surface area (Å²) in [6, 6.07) is 14.6. The summed E-state index contributed by atoms with van der Waals surface area (Å²) >= 11 is 3.58. The van der Waals surface area contributed by atoms with Crippen molar-refractivity contribution in [3.05, 3.63) is 99.3 Å². The van der Waals surface area contributed by atoms with E-state index >= 15 is 0 Å². The number of carboxylic acids is 1. The topological polar surface area (TPSA) is 138 Å². The van der Waals surface area contributed by atoms with Gasteiger partial charge in [-0.2, -0.15) is 0 Å². The van der Waals surface area contributed by atoms with E-state index in [1.165, 1.54) is 6.07 Å². The Bertz CT molecular complexity index is 1990. The average Bonchev–Trinajstić information content (AvgIpc) is 3.87. The number of ketones is 1. The number of benzene rings is 2. The van der Waals surface area contributed by atoms with E-state index in [1.54, 1.807) is 58.1 Å². The number of nitrogens with zero attached hydrogens (tertiary/aromatic N) is 5. The number of Topliss-reactive ketones (excluding diaryl/α,β-unsaturated/α-hetero) is 1. The highest BCUT2D eigenvalue weighted by Gasteiger charge is 2.34. The van der Waals surface area contributed by atoms with Crippen LogP contribution in [0.25, 0.3) is 5.65 Å². The van der Waals surface area contributed by atoms with Gasteiger partial charge in [0, 0.05) is 54.8 Å². The Labute approximate surface area is 291 Å². The van der Waals surface area contributed by atoms with Gasteiger partial charge in [0.25, 0.3) is 0 Å². The number of aryl methyl sites for hydroxylation is 1. The van der Waals surface area contributed by atoms with Gasteiger partial charge in [-0.15, -0.1) is 0 Å². The van der Waals surface area contributed by atoms with Gasteiger partial charge in [-0.05, 0) is 77.5 Å². The number of anilines is 1. The molecule has 1 fully saturated rings. The molecule has 49 heavy (non-hydrogen) atoms. The van der Waals surface area contributed by atoms with Gasteiger partial charge in [-0.3, -0.25) is 9.59 Å². The van der Waals surface area contributed by atoms with Crippen molar-refractivity contribution in [3.8, 4) is 23.0 Å². The fourth-order valence-corrected chi connectivity index (χ4v) is 6.39. The lowest BCUT2D eigenvalue weighted by Gasteiger charge is -2.26. The van der Waals surface area contributed by atoms with Gasteiger partial charge in [0.15, 0.2) is 11.6 Å². The summed E-state index contributed by atoms with van der Waals surface area (Å²) < 4.78 is 24.7. The summed E-state index contributed by atoms with van der Waals surface area (Å²) in [4.78, 5) is 42.4. The smallest absolute Gasteiger partial charge is 0.320 e. The lowest BCUT2D eigenvalue weighted by molar-refractivity contribution is -0.137. The lowest BCUT2D eigenvalue weighted by Crippen LogP contribution is -2.27. The molecular weight excluding hydrogens is 694 g/mol. The Balaban J connectivity index is 1.40. The lowest BCUT2D eigenvalue weighted by atomic mass is 9.98. The molecule has 13 heteroatoms. The van der Waals surface area contributed by atoms with Gasteiger partial charge >= 0.3 is 5.97 Å². The fraction of sp³-hybridized carbons (Fsp3) is 0.306. The Kier molecular flexibility index (Phi) is 9.72. The summed E-state index contributed by atoms with van der Waals surface area (Å²) in [6.45, 7) is 2.27. The Hall–Kier alpha value is -5.17. The molecule has 1 unspecified atom stereocenters. The zero-order chi connectivity index (χ0) is 34.8. The summed E-state index contributed by atoms with van der Waals surface area (Å²) in [7, 11) is 6.33. The van der Waals surface area contributed by atoms with E-state index in [-0.39, 0.29) is 11.4 Å². The molecule has 1 aliphatic carbocycles. The predicted molar refractivity (Wildman–Crippen MR) is 185 cm³/mol. The number of hydrogen-bond donors (Lipinski definition) is 1. The molecule has 2 aromatic carbocycles. The fourth-order valence-electron chi connectivity index (χ4n) is 5.83. The summed E-state index contributed by atoms with van der Waals surface area (Å²) in [5.74, 6) is 0.0310. The highest BCUT2D eigenvalue weighted by Crippen LogP contribution is 2.41. The van der Waals surface area contributed by atoms with Crippen LogP contribution < -0.4 is 23.8 Å². The van der Waals surface area contributed by atoms with Gasteiger partial charge in [0.1, 0.15) is 40.3 Å². The number of rotatable bonds is 14. The molecule has 0 spiro atoms. The SMILES string of the molecule is COc1ccc(CN(Cc2ccc(OC)cc2OC)c2cc(C(=O)C(C(=O)O)c3cn4cc(C5CC5)cc(Br)c4n3)nc(C)n2)c(OC)c1. The molecule has 1 saturated carbocycles. The van der Waals surface area contributed by atoms with Crippen LogP contribution in [0.4, 0.5) is 5.82 Å². The molecule has 5 aromatic rings. The monoisotopic (exact) mass is 729 g/mol. The summed E-state index contributed by atoms with van der Waals surface area (Å²) in [6.07, 6.45) is 5.77. The maximum Gasteiger partial charge on any atom is 0.320 e. The van der Waals surface area contributed by atoms with Crippen LogP contribution in [0.1, 0.15) is 63.4 Å². The molecule has 0 aliphatic heterocycles. The maximum atomic E-state index is 14.1. The second-order valence-corrected chi connectivity index (χ2v) is 12.7. The number of hydrogen-bond acceptors (Lipinski definition) is 10. The summed E-state index contributed by atoms with van der Waals surface area (Å²) in [5.41, 5.74) is 3.39. The number of imidazole rings is 1. The van der Waals surface area contributed by atoms with Crippen molar-refractivity contribution in [2.75, 3.05) is 33.3 Å². The van der Waals surface area contributed by atoms with E-state index < -0.39 is 17.7 Å². The molecule has 1 atom stereocenters. The van der Waals surface area contributed by atoms with Crippen LogP contribution in [-0.4, -0.2) is 64.7 Å². The second-order valence-electron chi connectivity index (χ2n) is 11.8. The molecule has 1 N–H and O–H groups in total. The zero-order valence-electron chi connectivity index (χ0n) is 27.8. The van der Waals surface area contributed by atoms with Crippen molar-refractivity contribution in [2.24, 2.45) is 0 Å². The Morgan fingerprint density at radius 1 is 0.878 bits per heavy atom. The first kappa shape index (κ1) is 33.7. The van der Waals surface area contributed by atoms with Gasteiger partial charge in [-0.1, -0.05) is 0 Å². The molecule has 6 rings (SSSR count). The van der Waals surface area contributed by atoms with Crippen molar-refractivity contribution < 1.29 is 33.6 Å². The van der Waals surface area contributed by atoms with E-state index in [1.807, 2.05) is 41.4 Å². The molecule has 3 heterocycles. The van der Waals surface area contributed by atoms with Gasteiger partial charge in [0.05, 0.1) is 38.6 Å². The largest absolute Gasteiger partial charge is 0.497 e. The number of carboxylic acid groups (broad SMARTS) is 1. The number of ether oxygens (including phenoxy) is 4. The third-order valence-corrected chi connectivity index (χ3v) is 9.10. The van der Waals surface area contributed by atoms with Crippen molar-refractivity contribution in [1.29, 1.82) is 0 Å². The molecule has 1 aliphatic rings. The minimum absolute atomic E-state index is 0.0434. The highest BCUT2D eigenvalue weighted by molar-refractivity contribution is 9.10. The van der Waals surface area contributed by atoms with Crippen LogP contribution in [0, 0.1) is 6.92 Å². The molecule has 12 nitrogen and oxygen atoms in total. The van der Waals surface area contributed by atoms with E-state index in [2.05, 4.69) is 25.9 Å². The number of carbonyl (C=O) groups excluding carboxylic acids is 1. The predicted octanol–water partition coefficient (Wildman–Crippen LogP) is 6.36. The van der Waals surface area contributed by atoms with E-state index in [0.717, 1.165) is 34.0 Å². The number of pyridine rings is 1. The first-order valence-corrected chi connectivity index (χ1v) is 16.4. The molecule has 0 saturated heterocycles. The highest BCUT2D eigenvalue weighted by atomic mass is 79.9. The molecule has 0 bridgehead atoms. The van der Waals surface area contributed by atoms with Crippen molar-refractivity contribution in [3.63, 3.8) is 0 Å². The zero-order valence-corrected chi connectivity index (χ0v) is 29.4. The molecule has 0 radical (unpaired) electrons. The molecule has 0 amide bonds. The number of methoxy groups -OCH3 is 4. The molecule has 254 valence electrons. The van der Waals surface area contributed by atoms with Crippen LogP contribution in [-0.2, 0) is 17.9 Å². The number of fused-ring (bicyclic) bond motifs is 1. The Morgan fingerprint density at radius 3 is 2.02 bits per heavy atom. The van der Waals surface area contributed by atoms with E-state index in [0.29, 0.717) is 59.3 Å². The second kappa shape index (κ2) is 14.1. The first-order chi connectivity index (χ1) is 23.6. The first-order valence-electron chi connectivity index (χ1n) is 15.6. The van der Waals surface area contributed by atoms with E-state index in [4.69, 9.17) is 23.9 Å². The number of aliphatic carboxylic acids is 1. The summed E-state index contributed by atoms with van der Waals surface area (Å²) in [5, 5.41) is 10.4. The van der Waals surface area contributed by atoms with Gasteiger partial charge in [0.2, 0.25) is 5.78 Å². The van der Waals surface area contributed by atoms with Crippen LogP contribution in [0.5, 0.6) is 23.0 Å². The van der Waals surface area contributed by atoms with Crippen LogP contribution in [0.2, 0.25) is 0 Å². The standard InChI is InChI=1S/C36H36BrN5O7/c1-20-38-28(34(43)33(36(44)45)29-19-42-18-24(21-6-7-21)12-27(37)35(42)40-29)15-32(39-20)41(16-22-8-10-25(46-2)13-30(22)48-4)17-23-9-11-26(47-3)14-31(23)49-5/h8-15,18-19,21,33H,6-7,16-17H2,1-5H3,(H,44,45). The average molecular weight is 731 g/mol. The third kappa shape index (κ3) is 7.16. The van der Waals surface area contributed by atoms with Gasteiger partial charge in [-0.25, -0.2) is 15.0 Å². The third-order valence-electron chi connectivity index (χ3n) is 8.51. The van der Waals surface area contributed by atoms with Gasteiger partial charge < -0.3 is 33.4 Å². The van der Waals surface area contributed by atoms with Crippen LogP contribution >= 0.6 is 15.9 Å². The maximum absolute atomic E-state index is 14.1. The van der Waals surface area contributed by atoms with E-state index in [9.17, 15) is 14.7 Å². The van der Waals surface area contributed by atoms with Crippen molar-refractivity contribution in [1.82, 2.24) is 19.4 Å². The normalized spacial score (nSPS) is 13.2. The number of aromatic nitrogens is 4. The number of halogens is 1. The number of carbonyl (C=O) groups is 2. The quantitative estimate of drug-likeness (QED) is 0.101. The Morgan fingerprint density at radius 2 is 1.49 bits per heavy atom.